The number of fused-ring (bicyclic) bond motifs is 1. The van der Waals surface area contributed by atoms with Crippen LogP contribution in [0.5, 0.6) is 5.75 Å². The molecule has 148 valence electrons. The molecule has 0 aliphatic heterocycles. The molecule has 1 N–H and O–H groups in total. The largest absolute Gasteiger partial charge is 0.494 e. The third-order valence-corrected chi connectivity index (χ3v) is 5.20. The fourth-order valence-corrected chi connectivity index (χ4v) is 3.61. The van der Waals surface area contributed by atoms with Crippen molar-refractivity contribution in [2.45, 2.75) is 20.0 Å². The summed E-state index contributed by atoms with van der Waals surface area (Å²) >= 11 is 1.54. The topological polar surface area (TPSA) is 90.5 Å². The van der Waals surface area contributed by atoms with Crippen LogP contribution >= 0.6 is 11.3 Å². The van der Waals surface area contributed by atoms with E-state index in [4.69, 9.17) is 4.74 Å². The van der Waals surface area contributed by atoms with Gasteiger partial charge in [0, 0.05) is 12.1 Å². The van der Waals surface area contributed by atoms with Crippen LogP contribution in [-0.4, -0.2) is 31.9 Å². The van der Waals surface area contributed by atoms with Crippen LogP contribution in [-0.2, 0) is 17.9 Å². The van der Waals surface area contributed by atoms with E-state index in [2.05, 4.69) is 15.5 Å². The maximum atomic E-state index is 12.7. The number of benzene rings is 1. The number of nitrogens with one attached hydrogen (secondary N) is 1. The standard InChI is InChI=1S/C20H19N5O3S/c1-2-28-17-7-4-3-6-14(17)11-21-19(26)12-24-20(27)16-10-15(18-8-5-9-29-18)23-25(16)13-22-24/h3-10,13H,2,11-12H2,1H3,(H,21,26). The van der Waals surface area contributed by atoms with Crippen molar-refractivity contribution in [3.05, 3.63) is 70.1 Å². The fourth-order valence-electron chi connectivity index (χ4n) is 2.93. The van der Waals surface area contributed by atoms with Crippen molar-refractivity contribution in [3.8, 4) is 16.3 Å². The summed E-state index contributed by atoms with van der Waals surface area (Å²) in [5.41, 5.74) is 1.58. The number of amides is 1. The highest BCUT2D eigenvalue weighted by Gasteiger charge is 2.13. The first kappa shape index (κ1) is 18.9. The first-order valence-electron chi connectivity index (χ1n) is 9.12. The molecule has 3 aromatic heterocycles. The fraction of sp³-hybridized carbons (Fsp3) is 0.200. The minimum absolute atomic E-state index is 0.175. The predicted molar refractivity (Wildman–Crippen MR) is 110 cm³/mol. The molecule has 0 unspecified atom stereocenters. The molecule has 0 aliphatic carbocycles. The van der Waals surface area contributed by atoms with Crippen LogP contribution < -0.4 is 15.6 Å². The third-order valence-electron chi connectivity index (χ3n) is 4.31. The summed E-state index contributed by atoms with van der Waals surface area (Å²) in [6, 6.07) is 13.1. The average Bonchev–Trinajstić information content (AvgIpc) is 3.39. The number of hydrogen-bond acceptors (Lipinski definition) is 6. The minimum Gasteiger partial charge on any atom is -0.494 e. The Labute approximate surface area is 170 Å². The summed E-state index contributed by atoms with van der Waals surface area (Å²) < 4.78 is 8.13. The molecule has 0 saturated carbocycles. The molecule has 0 aliphatic rings. The molecule has 9 heteroatoms. The number of rotatable bonds is 7. The molecule has 4 rings (SSSR count). The average molecular weight is 409 g/mol. The van der Waals surface area contributed by atoms with Gasteiger partial charge in [0.1, 0.15) is 29.8 Å². The lowest BCUT2D eigenvalue weighted by Gasteiger charge is -2.11. The maximum absolute atomic E-state index is 12.7. The van der Waals surface area contributed by atoms with E-state index in [0.29, 0.717) is 24.4 Å². The SMILES string of the molecule is CCOc1ccccc1CNC(=O)Cn1ncn2nc(-c3cccs3)cc2c1=O. The van der Waals surface area contributed by atoms with Crippen molar-refractivity contribution in [2.75, 3.05) is 6.61 Å². The van der Waals surface area contributed by atoms with Crippen molar-refractivity contribution in [1.82, 2.24) is 24.7 Å². The van der Waals surface area contributed by atoms with Crippen molar-refractivity contribution in [3.63, 3.8) is 0 Å². The van der Waals surface area contributed by atoms with Crippen LogP contribution in [0.4, 0.5) is 0 Å². The van der Waals surface area contributed by atoms with Gasteiger partial charge in [-0.3, -0.25) is 9.59 Å². The highest BCUT2D eigenvalue weighted by molar-refractivity contribution is 7.13. The zero-order chi connectivity index (χ0) is 20.2. The van der Waals surface area contributed by atoms with Gasteiger partial charge in [-0.15, -0.1) is 11.3 Å². The van der Waals surface area contributed by atoms with Crippen molar-refractivity contribution in [1.29, 1.82) is 0 Å². The zero-order valence-corrected chi connectivity index (χ0v) is 16.6. The first-order valence-corrected chi connectivity index (χ1v) is 10.0. The van der Waals surface area contributed by atoms with Crippen molar-refractivity contribution < 1.29 is 9.53 Å². The Morgan fingerprint density at radius 1 is 1.24 bits per heavy atom. The summed E-state index contributed by atoms with van der Waals surface area (Å²) in [7, 11) is 0. The number of carbonyl (C=O) groups excluding carboxylic acids is 1. The highest BCUT2D eigenvalue weighted by atomic mass is 32.1. The van der Waals surface area contributed by atoms with E-state index in [9.17, 15) is 9.59 Å². The summed E-state index contributed by atoms with van der Waals surface area (Å²) in [5, 5.41) is 13.2. The smallest absolute Gasteiger partial charge is 0.293 e. The van der Waals surface area contributed by atoms with Gasteiger partial charge in [-0.05, 0) is 30.5 Å². The van der Waals surface area contributed by atoms with Gasteiger partial charge in [0.2, 0.25) is 5.91 Å². The number of ether oxygens (including phenoxy) is 1. The number of carbonyl (C=O) groups is 1. The molecule has 1 aromatic carbocycles. The molecule has 0 fully saturated rings. The Balaban J connectivity index is 1.48. The van der Waals surface area contributed by atoms with Crippen LogP contribution in [0.15, 0.2) is 59.0 Å². The van der Waals surface area contributed by atoms with Gasteiger partial charge >= 0.3 is 0 Å². The molecule has 0 radical (unpaired) electrons. The molecule has 29 heavy (non-hydrogen) atoms. The van der Waals surface area contributed by atoms with Crippen molar-refractivity contribution >= 4 is 22.8 Å². The van der Waals surface area contributed by atoms with Crippen molar-refractivity contribution in [2.24, 2.45) is 0 Å². The quantitative estimate of drug-likeness (QED) is 0.506. The molecule has 1 amide bonds. The first-order chi connectivity index (χ1) is 14.2. The van der Waals surface area contributed by atoms with Crippen LogP contribution in [0, 0.1) is 0 Å². The van der Waals surface area contributed by atoms with Gasteiger partial charge in [0.05, 0.1) is 11.5 Å². The van der Waals surface area contributed by atoms with Gasteiger partial charge in [0.15, 0.2) is 0 Å². The van der Waals surface area contributed by atoms with E-state index in [1.54, 1.807) is 17.4 Å². The number of hydrogen-bond donors (Lipinski definition) is 1. The predicted octanol–water partition coefficient (Wildman–Crippen LogP) is 2.33. The van der Waals surface area contributed by atoms with E-state index in [1.165, 1.54) is 10.8 Å². The lowest BCUT2D eigenvalue weighted by molar-refractivity contribution is -0.122. The van der Waals surface area contributed by atoms with Crippen LogP contribution in [0.3, 0.4) is 0 Å². The Morgan fingerprint density at radius 2 is 2.10 bits per heavy atom. The van der Waals surface area contributed by atoms with Gasteiger partial charge in [-0.1, -0.05) is 24.3 Å². The number of thiophene rings is 1. The molecule has 0 saturated heterocycles. The summed E-state index contributed by atoms with van der Waals surface area (Å²) in [6.07, 6.45) is 1.44. The number of aromatic nitrogens is 4. The lowest BCUT2D eigenvalue weighted by atomic mass is 10.2. The summed E-state index contributed by atoms with van der Waals surface area (Å²) in [4.78, 5) is 26.0. The molecular formula is C20H19N5O3S. The molecule has 3 heterocycles. The second-order valence-corrected chi connectivity index (χ2v) is 7.20. The Kier molecular flexibility index (Phi) is 5.39. The molecule has 0 spiro atoms. The van der Waals surface area contributed by atoms with E-state index in [-0.39, 0.29) is 18.0 Å². The van der Waals surface area contributed by atoms with Gasteiger partial charge in [0.25, 0.3) is 5.56 Å². The Hall–Kier alpha value is -3.46. The normalized spacial score (nSPS) is 10.9. The van der Waals surface area contributed by atoms with Crippen LogP contribution in [0.25, 0.3) is 16.1 Å². The second kappa shape index (κ2) is 8.27. The van der Waals surface area contributed by atoms with Gasteiger partial charge in [-0.2, -0.15) is 10.2 Å². The minimum atomic E-state index is -0.368. The summed E-state index contributed by atoms with van der Waals surface area (Å²) in [6.45, 7) is 2.58. The molecule has 0 bridgehead atoms. The monoisotopic (exact) mass is 409 g/mol. The third kappa shape index (κ3) is 4.04. The summed E-state index contributed by atoms with van der Waals surface area (Å²) in [5.74, 6) is 0.417. The zero-order valence-electron chi connectivity index (χ0n) is 15.7. The number of nitrogens with zero attached hydrogens (tertiary/aromatic N) is 4. The molecule has 4 aromatic rings. The Bertz CT molecular complexity index is 1200. The van der Waals surface area contributed by atoms with E-state index < -0.39 is 0 Å². The van der Waals surface area contributed by atoms with E-state index in [0.717, 1.165) is 20.9 Å². The highest BCUT2D eigenvalue weighted by Crippen LogP contribution is 2.23. The number of para-hydroxylation sites is 1. The molecule has 8 nitrogen and oxygen atoms in total. The van der Waals surface area contributed by atoms with E-state index in [1.807, 2.05) is 48.7 Å². The molecule has 0 atom stereocenters. The lowest BCUT2D eigenvalue weighted by Crippen LogP contribution is -2.34. The van der Waals surface area contributed by atoms with Gasteiger partial charge in [-0.25, -0.2) is 9.20 Å². The Morgan fingerprint density at radius 3 is 2.90 bits per heavy atom. The molecular weight excluding hydrogens is 390 g/mol. The van der Waals surface area contributed by atoms with Crippen LogP contribution in [0.1, 0.15) is 12.5 Å². The maximum Gasteiger partial charge on any atom is 0.293 e. The van der Waals surface area contributed by atoms with Crippen LogP contribution in [0.2, 0.25) is 0 Å². The van der Waals surface area contributed by atoms with E-state index >= 15 is 0 Å². The van der Waals surface area contributed by atoms with Gasteiger partial charge < -0.3 is 10.1 Å². The second-order valence-electron chi connectivity index (χ2n) is 6.25.